The Morgan fingerprint density at radius 3 is 2.50 bits per heavy atom. The molecular weight excluding hydrogens is 203 g/mol. The van der Waals surface area contributed by atoms with E-state index in [0.29, 0.717) is 6.54 Å². The van der Waals surface area contributed by atoms with E-state index in [4.69, 9.17) is 5.73 Å². The molecule has 0 saturated heterocycles. The molecule has 1 aromatic carbocycles. The highest BCUT2D eigenvalue weighted by molar-refractivity contribution is 5.55. The molecule has 0 aliphatic rings. The molecule has 0 fully saturated rings. The fraction of sp³-hybridized carbons (Fsp3) is 0.538. The van der Waals surface area contributed by atoms with Crippen molar-refractivity contribution in [2.75, 3.05) is 11.9 Å². The van der Waals surface area contributed by atoms with Crippen molar-refractivity contribution >= 4 is 5.69 Å². The first-order chi connectivity index (χ1) is 7.42. The van der Waals surface area contributed by atoms with Crippen LogP contribution in [-0.2, 0) is 6.54 Å². The highest BCUT2D eigenvalue weighted by Crippen LogP contribution is 2.28. The summed E-state index contributed by atoms with van der Waals surface area (Å²) in [6, 6.07) is 4.79. The van der Waals surface area contributed by atoms with Crippen molar-refractivity contribution in [3.63, 3.8) is 0 Å². The summed E-state index contributed by atoms with van der Waals surface area (Å²) >= 11 is 0. The first-order valence-corrected chi connectivity index (χ1v) is 5.64. The van der Waals surface area contributed by atoms with Crippen LogP contribution in [0, 0.1) is 5.82 Å². The highest BCUT2D eigenvalue weighted by Gasteiger charge is 2.23. The van der Waals surface area contributed by atoms with Crippen LogP contribution in [0.15, 0.2) is 18.2 Å². The molecule has 0 aromatic heterocycles. The molecule has 1 rings (SSSR count). The third-order valence-corrected chi connectivity index (χ3v) is 3.40. The van der Waals surface area contributed by atoms with E-state index in [2.05, 4.69) is 25.7 Å². The van der Waals surface area contributed by atoms with Gasteiger partial charge in [-0.1, -0.05) is 6.92 Å². The first kappa shape index (κ1) is 13.0. The summed E-state index contributed by atoms with van der Waals surface area (Å²) in [5, 5.41) is 0. The predicted octanol–water partition coefficient (Wildman–Crippen LogP) is 2.91. The molecule has 1 aromatic rings. The van der Waals surface area contributed by atoms with Crippen molar-refractivity contribution in [3.8, 4) is 0 Å². The second-order valence-electron chi connectivity index (χ2n) is 4.70. The average molecular weight is 224 g/mol. The lowest BCUT2D eigenvalue weighted by molar-refractivity contribution is 0.469. The summed E-state index contributed by atoms with van der Waals surface area (Å²) in [6.45, 7) is 6.83. The summed E-state index contributed by atoms with van der Waals surface area (Å²) in [4.78, 5) is 2.16. The van der Waals surface area contributed by atoms with Crippen LogP contribution in [0.4, 0.5) is 10.1 Å². The van der Waals surface area contributed by atoms with Gasteiger partial charge in [-0.3, -0.25) is 0 Å². The molecule has 0 radical (unpaired) electrons. The molecule has 0 heterocycles. The Morgan fingerprint density at radius 2 is 2.00 bits per heavy atom. The SMILES string of the molecule is CCC(C)(C)N(C)c1ccc(F)cc1CN. The molecule has 0 amide bonds. The molecule has 0 atom stereocenters. The van der Waals surface area contributed by atoms with E-state index in [1.165, 1.54) is 12.1 Å². The molecule has 3 heteroatoms. The van der Waals surface area contributed by atoms with Crippen LogP contribution < -0.4 is 10.6 Å². The zero-order valence-corrected chi connectivity index (χ0v) is 10.5. The Kier molecular flexibility index (Phi) is 3.92. The quantitative estimate of drug-likeness (QED) is 0.852. The third kappa shape index (κ3) is 2.53. The lowest BCUT2D eigenvalue weighted by Crippen LogP contribution is -2.41. The minimum absolute atomic E-state index is 0.0434. The van der Waals surface area contributed by atoms with Crippen molar-refractivity contribution < 1.29 is 4.39 Å². The highest BCUT2D eigenvalue weighted by atomic mass is 19.1. The molecule has 0 spiro atoms. The van der Waals surface area contributed by atoms with Gasteiger partial charge in [-0.05, 0) is 44.0 Å². The zero-order chi connectivity index (χ0) is 12.3. The van der Waals surface area contributed by atoms with Gasteiger partial charge in [0.2, 0.25) is 0 Å². The van der Waals surface area contributed by atoms with Gasteiger partial charge < -0.3 is 10.6 Å². The number of halogens is 1. The van der Waals surface area contributed by atoms with Gasteiger partial charge in [0.25, 0.3) is 0 Å². The second kappa shape index (κ2) is 4.83. The summed E-state index contributed by atoms with van der Waals surface area (Å²) in [7, 11) is 2.02. The van der Waals surface area contributed by atoms with Crippen LogP contribution in [0.2, 0.25) is 0 Å². The second-order valence-corrected chi connectivity index (χ2v) is 4.70. The van der Waals surface area contributed by atoms with Gasteiger partial charge in [-0.15, -0.1) is 0 Å². The van der Waals surface area contributed by atoms with Gasteiger partial charge in [-0.2, -0.15) is 0 Å². The Morgan fingerprint density at radius 1 is 1.38 bits per heavy atom. The van der Waals surface area contributed by atoms with Crippen LogP contribution in [-0.4, -0.2) is 12.6 Å². The molecule has 16 heavy (non-hydrogen) atoms. The van der Waals surface area contributed by atoms with E-state index < -0.39 is 0 Å². The molecule has 0 aliphatic carbocycles. The van der Waals surface area contributed by atoms with Crippen LogP contribution in [0.3, 0.4) is 0 Å². The van der Waals surface area contributed by atoms with E-state index in [1.54, 1.807) is 6.07 Å². The van der Waals surface area contributed by atoms with Gasteiger partial charge in [0.15, 0.2) is 0 Å². The number of hydrogen-bond donors (Lipinski definition) is 1. The van der Waals surface area contributed by atoms with Crippen LogP contribution in [0.1, 0.15) is 32.8 Å². The van der Waals surface area contributed by atoms with Crippen LogP contribution in [0.25, 0.3) is 0 Å². The number of benzene rings is 1. The Bertz CT molecular complexity index is 361. The molecule has 0 bridgehead atoms. The van der Waals surface area contributed by atoms with E-state index in [0.717, 1.165) is 17.7 Å². The number of nitrogens with zero attached hydrogens (tertiary/aromatic N) is 1. The number of hydrogen-bond acceptors (Lipinski definition) is 2. The minimum atomic E-state index is -0.230. The molecular formula is C13H21FN2. The van der Waals surface area contributed by atoms with Gasteiger partial charge >= 0.3 is 0 Å². The molecule has 0 unspecified atom stereocenters. The van der Waals surface area contributed by atoms with Gasteiger partial charge in [-0.25, -0.2) is 4.39 Å². The maximum absolute atomic E-state index is 13.1. The van der Waals surface area contributed by atoms with Crippen molar-refractivity contribution in [1.82, 2.24) is 0 Å². The van der Waals surface area contributed by atoms with Crippen LogP contribution >= 0.6 is 0 Å². The molecule has 2 nitrogen and oxygen atoms in total. The molecule has 90 valence electrons. The standard InChI is InChI=1S/C13H21FN2/c1-5-13(2,3)16(4)12-7-6-11(14)8-10(12)9-15/h6-8H,5,9,15H2,1-4H3. The van der Waals surface area contributed by atoms with Crippen molar-refractivity contribution in [1.29, 1.82) is 0 Å². The smallest absolute Gasteiger partial charge is 0.123 e. The lowest BCUT2D eigenvalue weighted by atomic mass is 9.98. The number of anilines is 1. The Labute approximate surface area is 97.3 Å². The zero-order valence-electron chi connectivity index (χ0n) is 10.5. The summed E-state index contributed by atoms with van der Waals surface area (Å²) in [5.74, 6) is -0.230. The third-order valence-electron chi connectivity index (χ3n) is 3.40. The van der Waals surface area contributed by atoms with Crippen molar-refractivity contribution in [2.24, 2.45) is 5.73 Å². The monoisotopic (exact) mass is 224 g/mol. The maximum atomic E-state index is 13.1. The fourth-order valence-electron chi connectivity index (χ4n) is 1.61. The topological polar surface area (TPSA) is 29.3 Å². The number of nitrogens with two attached hydrogens (primary N) is 1. The molecule has 2 N–H and O–H groups in total. The average Bonchev–Trinajstić information content (AvgIpc) is 2.27. The normalized spacial score (nSPS) is 11.6. The predicted molar refractivity (Wildman–Crippen MR) is 67.1 cm³/mol. The largest absolute Gasteiger partial charge is 0.369 e. The summed E-state index contributed by atoms with van der Waals surface area (Å²) in [5.41, 5.74) is 7.55. The van der Waals surface area contributed by atoms with Crippen LogP contribution in [0.5, 0.6) is 0 Å². The van der Waals surface area contributed by atoms with Gasteiger partial charge in [0.1, 0.15) is 5.82 Å². The fourth-order valence-corrected chi connectivity index (χ4v) is 1.61. The maximum Gasteiger partial charge on any atom is 0.123 e. The molecule has 0 saturated carbocycles. The van der Waals surface area contributed by atoms with Gasteiger partial charge in [0.05, 0.1) is 0 Å². The molecule has 0 aliphatic heterocycles. The summed E-state index contributed by atoms with van der Waals surface area (Å²) < 4.78 is 13.1. The van der Waals surface area contributed by atoms with E-state index in [1.807, 2.05) is 7.05 Å². The lowest BCUT2D eigenvalue weighted by Gasteiger charge is -2.38. The van der Waals surface area contributed by atoms with E-state index in [9.17, 15) is 4.39 Å². The van der Waals surface area contributed by atoms with Crippen molar-refractivity contribution in [2.45, 2.75) is 39.3 Å². The number of rotatable bonds is 4. The van der Waals surface area contributed by atoms with Gasteiger partial charge in [0, 0.05) is 24.8 Å². The Balaban J connectivity index is 3.13. The van der Waals surface area contributed by atoms with E-state index in [-0.39, 0.29) is 11.4 Å². The first-order valence-electron chi connectivity index (χ1n) is 5.64. The minimum Gasteiger partial charge on any atom is -0.369 e. The van der Waals surface area contributed by atoms with E-state index >= 15 is 0 Å². The Hall–Kier alpha value is -1.09. The summed E-state index contributed by atoms with van der Waals surface area (Å²) in [6.07, 6.45) is 1.02. The van der Waals surface area contributed by atoms with Crippen molar-refractivity contribution in [3.05, 3.63) is 29.6 Å².